The molecule has 0 unspecified atom stereocenters. The van der Waals surface area contributed by atoms with E-state index >= 15 is 0 Å². The highest BCUT2D eigenvalue weighted by molar-refractivity contribution is 14.0. The van der Waals surface area contributed by atoms with Crippen LogP contribution in [-0.2, 0) is 19.4 Å². The number of pyridine rings is 1. The number of halogens is 1. The first-order valence-electron chi connectivity index (χ1n) is 10.2. The van der Waals surface area contributed by atoms with Crippen molar-refractivity contribution in [2.45, 2.75) is 33.2 Å². The molecule has 0 spiro atoms. The molecule has 0 saturated carbocycles. The van der Waals surface area contributed by atoms with Crippen molar-refractivity contribution in [3.05, 3.63) is 53.2 Å². The molecule has 0 atom stereocenters. The first kappa shape index (κ1) is 23.4. The molecule has 1 fully saturated rings. The highest BCUT2D eigenvalue weighted by Crippen LogP contribution is 2.23. The van der Waals surface area contributed by atoms with Crippen LogP contribution in [0.4, 0.5) is 11.5 Å². The van der Waals surface area contributed by atoms with E-state index in [9.17, 15) is 0 Å². The Kier molecular flexibility index (Phi) is 9.16. The van der Waals surface area contributed by atoms with E-state index < -0.39 is 0 Å². The summed E-state index contributed by atoms with van der Waals surface area (Å²) in [6.07, 6.45) is 3.77. The lowest BCUT2D eigenvalue weighted by atomic mass is 10.0. The number of likely N-dealkylation sites (N-methyl/N-ethyl adjacent to an activating group) is 1. The summed E-state index contributed by atoms with van der Waals surface area (Å²) >= 11 is 0. The van der Waals surface area contributed by atoms with Gasteiger partial charge >= 0.3 is 0 Å². The van der Waals surface area contributed by atoms with Gasteiger partial charge in [-0.15, -0.1) is 24.0 Å². The molecule has 1 aromatic carbocycles. The third-order valence-electron chi connectivity index (χ3n) is 5.34. The van der Waals surface area contributed by atoms with Gasteiger partial charge in [0, 0.05) is 43.6 Å². The largest absolute Gasteiger partial charge is 0.370 e. The van der Waals surface area contributed by atoms with E-state index in [-0.39, 0.29) is 24.0 Å². The molecule has 1 aliphatic rings. The fraction of sp³-hybridized carbons (Fsp3) is 0.455. The summed E-state index contributed by atoms with van der Waals surface area (Å²) < 4.78 is 0. The second-order valence-corrected chi connectivity index (χ2v) is 7.26. The Morgan fingerprint density at radius 3 is 2.28 bits per heavy atom. The average molecular weight is 508 g/mol. The fourth-order valence-electron chi connectivity index (χ4n) is 3.60. The predicted molar refractivity (Wildman–Crippen MR) is 134 cm³/mol. The maximum atomic E-state index is 6.25. The smallest absolute Gasteiger partial charge is 0.193 e. The molecule has 0 amide bonds. The lowest BCUT2D eigenvalue weighted by Gasteiger charge is -2.34. The van der Waals surface area contributed by atoms with Gasteiger partial charge in [-0.3, -0.25) is 0 Å². The Bertz CT molecular complexity index is 792. The number of nitrogens with one attached hydrogen (secondary N) is 1. The molecule has 2 aromatic rings. The number of nitrogens with two attached hydrogens (primary N) is 1. The first-order valence-corrected chi connectivity index (χ1v) is 10.2. The van der Waals surface area contributed by atoms with Crippen molar-refractivity contribution in [2.75, 3.05) is 43.4 Å². The molecule has 6 nitrogen and oxygen atoms in total. The van der Waals surface area contributed by atoms with E-state index in [2.05, 4.69) is 70.3 Å². The molecular formula is C22H33IN6. The van der Waals surface area contributed by atoms with Gasteiger partial charge < -0.3 is 20.9 Å². The lowest BCUT2D eigenvalue weighted by molar-refractivity contribution is 0.312. The number of nitrogens with zero attached hydrogens (tertiary/aromatic N) is 4. The molecule has 1 aromatic heterocycles. The minimum atomic E-state index is 0. The Labute approximate surface area is 191 Å². The fourth-order valence-corrected chi connectivity index (χ4v) is 3.60. The number of hydrogen-bond acceptors (Lipinski definition) is 4. The number of para-hydroxylation sites is 1. The van der Waals surface area contributed by atoms with Crippen LogP contribution in [0.3, 0.4) is 0 Å². The number of piperazine rings is 1. The zero-order valence-electron chi connectivity index (χ0n) is 17.7. The number of aromatic nitrogens is 1. The van der Waals surface area contributed by atoms with E-state index in [4.69, 9.17) is 5.73 Å². The predicted octanol–water partition coefficient (Wildman–Crippen LogP) is 3.50. The molecule has 0 bridgehead atoms. The number of aliphatic imine (C=N–C) groups is 1. The van der Waals surface area contributed by atoms with Gasteiger partial charge in [-0.25, -0.2) is 9.98 Å². The minimum Gasteiger partial charge on any atom is -0.370 e. The highest BCUT2D eigenvalue weighted by atomic mass is 127. The van der Waals surface area contributed by atoms with Gasteiger partial charge in [0.05, 0.1) is 6.54 Å². The summed E-state index contributed by atoms with van der Waals surface area (Å²) in [5.74, 6) is 1.47. The van der Waals surface area contributed by atoms with Crippen LogP contribution in [-0.4, -0.2) is 49.1 Å². The number of aryl methyl sites for hydroxylation is 2. The van der Waals surface area contributed by atoms with Crippen LogP contribution in [0.1, 0.15) is 30.5 Å². The Morgan fingerprint density at radius 2 is 1.66 bits per heavy atom. The van der Waals surface area contributed by atoms with E-state index in [1.807, 2.05) is 12.3 Å². The molecule has 158 valence electrons. The summed E-state index contributed by atoms with van der Waals surface area (Å²) in [6, 6.07) is 10.4. The highest BCUT2D eigenvalue weighted by Gasteiger charge is 2.17. The molecule has 29 heavy (non-hydrogen) atoms. The molecule has 1 saturated heterocycles. The SMILES string of the molecule is CCc1cccc(CC)c1NC(N)=NCc1cccnc1N1CCN(C)CC1.I. The van der Waals surface area contributed by atoms with Gasteiger partial charge in [0.2, 0.25) is 0 Å². The molecule has 3 N–H and O–H groups in total. The monoisotopic (exact) mass is 508 g/mol. The summed E-state index contributed by atoms with van der Waals surface area (Å²) in [6.45, 7) is 8.91. The Balaban J connectivity index is 0.00000300. The van der Waals surface area contributed by atoms with Crippen LogP contribution in [0.25, 0.3) is 0 Å². The molecular weight excluding hydrogens is 475 g/mol. The van der Waals surface area contributed by atoms with E-state index in [1.54, 1.807) is 0 Å². The molecule has 0 aliphatic carbocycles. The van der Waals surface area contributed by atoms with Crippen molar-refractivity contribution in [1.29, 1.82) is 0 Å². The van der Waals surface area contributed by atoms with Crippen molar-refractivity contribution in [3.8, 4) is 0 Å². The second-order valence-electron chi connectivity index (χ2n) is 7.26. The summed E-state index contributed by atoms with van der Waals surface area (Å²) in [4.78, 5) is 13.9. The van der Waals surface area contributed by atoms with Crippen LogP contribution >= 0.6 is 24.0 Å². The van der Waals surface area contributed by atoms with Crippen LogP contribution in [0, 0.1) is 0 Å². The van der Waals surface area contributed by atoms with Gasteiger partial charge in [-0.1, -0.05) is 38.1 Å². The third kappa shape index (κ3) is 6.05. The van der Waals surface area contributed by atoms with Crippen LogP contribution in [0.2, 0.25) is 0 Å². The standard InChI is InChI=1S/C22H32N6.HI/c1-4-17-8-6-9-18(5-2)20(17)26-22(23)25-16-19-10-7-11-24-21(19)28-14-12-27(3)13-15-28;/h6-11H,4-5,12-16H2,1-3H3,(H3,23,25,26);1H. The van der Waals surface area contributed by atoms with Gasteiger partial charge in [-0.2, -0.15) is 0 Å². The normalized spacial score (nSPS) is 15.1. The Hall–Kier alpha value is -1.87. The Morgan fingerprint density at radius 1 is 1.03 bits per heavy atom. The van der Waals surface area contributed by atoms with E-state index in [0.717, 1.165) is 56.1 Å². The lowest BCUT2D eigenvalue weighted by Crippen LogP contribution is -2.45. The zero-order chi connectivity index (χ0) is 19.9. The van der Waals surface area contributed by atoms with Gasteiger partial charge in [-0.05, 0) is 37.1 Å². The average Bonchev–Trinajstić information content (AvgIpc) is 2.73. The summed E-state index contributed by atoms with van der Waals surface area (Å²) in [7, 11) is 2.16. The number of guanidine groups is 1. The van der Waals surface area contributed by atoms with Crippen molar-refractivity contribution < 1.29 is 0 Å². The molecule has 1 aliphatic heterocycles. The maximum Gasteiger partial charge on any atom is 0.193 e. The molecule has 3 rings (SSSR count). The number of anilines is 2. The van der Waals surface area contributed by atoms with Crippen molar-refractivity contribution in [2.24, 2.45) is 10.7 Å². The van der Waals surface area contributed by atoms with Gasteiger partial charge in [0.25, 0.3) is 0 Å². The number of hydrogen-bond donors (Lipinski definition) is 2. The quantitative estimate of drug-likeness (QED) is 0.355. The molecule has 2 heterocycles. The van der Waals surface area contributed by atoms with Crippen molar-refractivity contribution in [3.63, 3.8) is 0 Å². The first-order chi connectivity index (χ1) is 13.6. The zero-order valence-corrected chi connectivity index (χ0v) is 20.0. The summed E-state index contributed by atoms with van der Waals surface area (Å²) in [5.41, 5.74) is 11.0. The van der Waals surface area contributed by atoms with E-state index in [1.165, 1.54) is 11.1 Å². The minimum absolute atomic E-state index is 0. The maximum absolute atomic E-state index is 6.25. The molecule has 0 radical (unpaired) electrons. The van der Waals surface area contributed by atoms with Crippen molar-refractivity contribution >= 4 is 41.4 Å². The topological polar surface area (TPSA) is 69.8 Å². The van der Waals surface area contributed by atoms with Crippen LogP contribution in [0.5, 0.6) is 0 Å². The summed E-state index contributed by atoms with van der Waals surface area (Å²) in [5, 5.41) is 3.34. The molecule has 7 heteroatoms. The van der Waals surface area contributed by atoms with Crippen LogP contribution < -0.4 is 16.0 Å². The third-order valence-corrected chi connectivity index (χ3v) is 5.34. The number of benzene rings is 1. The van der Waals surface area contributed by atoms with Crippen molar-refractivity contribution in [1.82, 2.24) is 9.88 Å². The van der Waals surface area contributed by atoms with Crippen LogP contribution in [0.15, 0.2) is 41.5 Å². The van der Waals surface area contributed by atoms with E-state index in [0.29, 0.717) is 12.5 Å². The second kappa shape index (κ2) is 11.3. The van der Waals surface area contributed by atoms with Gasteiger partial charge in [0.1, 0.15) is 5.82 Å². The van der Waals surface area contributed by atoms with Gasteiger partial charge in [0.15, 0.2) is 5.96 Å². The number of rotatable bonds is 6.